The fourth-order valence-corrected chi connectivity index (χ4v) is 4.47. The van der Waals surface area contributed by atoms with E-state index in [2.05, 4.69) is 28.3 Å². The Bertz CT molecular complexity index is 1050. The van der Waals surface area contributed by atoms with Crippen molar-refractivity contribution in [1.82, 2.24) is 19.9 Å². The first-order chi connectivity index (χ1) is 13.2. The van der Waals surface area contributed by atoms with Crippen molar-refractivity contribution in [2.24, 2.45) is 0 Å². The largest absolute Gasteiger partial charge is 0.349 e. The van der Waals surface area contributed by atoms with E-state index in [1.807, 2.05) is 53.2 Å². The van der Waals surface area contributed by atoms with Gasteiger partial charge in [-0.25, -0.2) is 9.97 Å². The molecular formula is C20H18N4OS2. The Kier molecular flexibility index (Phi) is 5.22. The van der Waals surface area contributed by atoms with Crippen LogP contribution >= 0.6 is 23.1 Å². The van der Waals surface area contributed by atoms with Crippen LogP contribution in [-0.4, -0.2) is 26.2 Å². The van der Waals surface area contributed by atoms with Gasteiger partial charge in [-0.05, 0) is 30.7 Å². The summed E-state index contributed by atoms with van der Waals surface area (Å²) in [5, 5.41) is 4.66. The average Bonchev–Trinajstić information content (AvgIpc) is 3.31. The van der Waals surface area contributed by atoms with Crippen LogP contribution < -0.4 is 5.32 Å². The molecule has 1 amide bonds. The third-order valence-electron chi connectivity index (χ3n) is 4.09. The topological polar surface area (TPSA) is 59.8 Å². The number of carbonyl (C=O) groups excluding carboxylic acids is 1. The summed E-state index contributed by atoms with van der Waals surface area (Å²) in [6, 6.07) is 16.1. The lowest BCUT2D eigenvalue weighted by Crippen LogP contribution is -2.24. The molecule has 0 saturated heterocycles. The van der Waals surface area contributed by atoms with Crippen LogP contribution in [0.25, 0.3) is 15.9 Å². The van der Waals surface area contributed by atoms with E-state index in [1.165, 1.54) is 11.8 Å². The molecular weight excluding hydrogens is 376 g/mol. The summed E-state index contributed by atoms with van der Waals surface area (Å²) in [5.41, 5.74) is 3.21. The first-order valence-corrected chi connectivity index (χ1v) is 10.3. The number of para-hydroxylation sites is 2. The van der Waals surface area contributed by atoms with Gasteiger partial charge >= 0.3 is 0 Å². The van der Waals surface area contributed by atoms with Crippen LogP contribution in [0.5, 0.6) is 0 Å². The standard InChI is InChI=1S/C20H18N4OS2/c1-14-6-2-4-8-16(14)24-11-10-21-20(24)26-13-18(25)22-12-19-23-15-7-3-5-9-17(15)27-19/h2-11H,12-13H2,1H3,(H,22,25). The van der Waals surface area contributed by atoms with Crippen molar-refractivity contribution in [3.05, 3.63) is 71.5 Å². The number of amides is 1. The Hall–Kier alpha value is -2.64. The van der Waals surface area contributed by atoms with E-state index in [9.17, 15) is 4.79 Å². The second kappa shape index (κ2) is 7.94. The molecule has 1 N–H and O–H groups in total. The highest BCUT2D eigenvalue weighted by Crippen LogP contribution is 2.23. The number of thiazole rings is 1. The van der Waals surface area contributed by atoms with Gasteiger partial charge in [0.1, 0.15) is 5.01 Å². The maximum absolute atomic E-state index is 12.2. The smallest absolute Gasteiger partial charge is 0.230 e. The summed E-state index contributed by atoms with van der Waals surface area (Å²) >= 11 is 3.04. The summed E-state index contributed by atoms with van der Waals surface area (Å²) in [6.45, 7) is 2.51. The minimum atomic E-state index is -0.0291. The van der Waals surface area contributed by atoms with E-state index in [4.69, 9.17) is 0 Å². The molecule has 5 nitrogen and oxygen atoms in total. The first-order valence-electron chi connectivity index (χ1n) is 8.54. The number of carbonyl (C=O) groups is 1. The fraction of sp³-hybridized carbons (Fsp3) is 0.150. The van der Waals surface area contributed by atoms with Gasteiger partial charge in [0.15, 0.2) is 5.16 Å². The highest BCUT2D eigenvalue weighted by atomic mass is 32.2. The molecule has 0 fully saturated rings. The zero-order valence-corrected chi connectivity index (χ0v) is 16.4. The Morgan fingerprint density at radius 3 is 2.85 bits per heavy atom. The zero-order valence-electron chi connectivity index (χ0n) is 14.8. The second-order valence-corrected chi connectivity index (χ2v) is 8.06. The molecule has 0 radical (unpaired) electrons. The molecule has 0 bridgehead atoms. The molecule has 27 heavy (non-hydrogen) atoms. The van der Waals surface area contributed by atoms with E-state index in [-0.39, 0.29) is 5.91 Å². The summed E-state index contributed by atoms with van der Waals surface area (Å²) in [6.07, 6.45) is 3.68. The van der Waals surface area contributed by atoms with Gasteiger partial charge in [0.25, 0.3) is 0 Å². The van der Waals surface area contributed by atoms with Gasteiger partial charge in [-0.1, -0.05) is 42.1 Å². The number of imidazole rings is 1. The van der Waals surface area contributed by atoms with Crippen molar-refractivity contribution in [1.29, 1.82) is 0 Å². The maximum atomic E-state index is 12.2. The van der Waals surface area contributed by atoms with E-state index >= 15 is 0 Å². The third kappa shape index (κ3) is 4.04. The van der Waals surface area contributed by atoms with E-state index in [0.717, 1.165) is 31.6 Å². The van der Waals surface area contributed by atoms with Gasteiger partial charge in [0, 0.05) is 12.4 Å². The van der Waals surface area contributed by atoms with Crippen LogP contribution in [0, 0.1) is 6.92 Å². The number of aryl methyl sites for hydroxylation is 1. The number of benzene rings is 2. The molecule has 0 unspecified atom stereocenters. The average molecular weight is 395 g/mol. The van der Waals surface area contributed by atoms with E-state index in [1.54, 1.807) is 17.5 Å². The Morgan fingerprint density at radius 2 is 2.00 bits per heavy atom. The molecule has 0 aliphatic heterocycles. The molecule has 0 aliphatic carbocycles. The molecule has 7 heteroatoms. The molecule has 2 aromatic heterocycles. The van der Waals surface area contributed by atoms with Crippen LogP contribution in [0.4, 0.5) is 0 Å². The zero-order chi connectivity index (χ0) is 18.6. The Morgan fingerprint density at radius 1 is 1.19 bits per heavy atom. The Labute approximate surface area is 165 Å². The van der Waals surface area contributed by atoms with Gasteiger partial charge in [0.2, 0.25) is 5.91 Å². The van der Waals surface area contributed by atoms with Gasteiger partial charge in [-0.2, -0.15) is 0 Å². The van der Waals surface area contributed by atoms with Crippen molar-refractivity contribution < 1.29 is 4.79 Å². The lowest BCUT2D eigenvalue weighted by atomic mass is 10.2. The van der Waals surface area contributed by atoms with E-state index < -0.39 is 0 Å². The minimum absolute atomic E-state index is 0.0291. The maximum Gasteiger partial charge on any atom is 0.230 e. The number of thioether (sulfide) groups is 1. The molecule has 2 aromatic carbocycles. The Balaban J connectivity index is 1.36. The second-order valence-electron chi connectivity index (χ2n) is 6.01. The molecule has 0 spiro atoms. The molecule has 0 saturated carbocycles. The van der Waals surface area contributed by atoms with Crippen LogP contribution in [0.15, 0.2) is 66.1 Å². The fourth-order valence-electron chi connectivity index (χ4n) is 2.76. The number of nitrogens with one attached hydrogen (secondary N) is 1. The van der Waals surface area contributed by atoms with Gasteiger partial charge < -0.3 is 5.32 Å². The predicted molar refractivity (Wildman–Crippen MR) is 110 cm³/mol. The van der Waals surface area contributed by atoms with Crippen LogP contribution in [0.1, 0.15) is 10.6 Å². The molecule has 4 aromatic rings. The summed E-state index contributed by atoms with van der Waals surface area (Å²) in [4.78, 5) is 21.2. The SMILES string of the molecule is Cc1ccccc1-n1ccnc1SCC(=O)NCc1nc2ccccc2s1. The summed E-state index contributed by atoms with van der Waals surface area (Å²) in [7, 11) is 0. The summed E-state index contributed by atoms with van der Waals surface area (Å²) in [5.74, 6) is 0.284. The number of rotatable bonds is 6. The van der Waals surface area contributed by atoms with Gasteiger partial charge in [0.05, 0.1) is 28.2 Å². The molecule has 0 atom stereocenters. The molecule has 0 aliphatic rings. The number of nitrogens with zero attached hydrogens (tertiary/aromatic N) is 3. The van der Waals surface area contributed by atoms with Crippen molar-refractivity contribution >= 4 is 39.2 Å². The number of fused-ring (bicyclic) bond motifs is 1. The molecule has 136 valence electrons. The van der Waals surface area contributed by atoms with Crippen molar-refractivity contribution in [3.63, 3.8) is 0 Å². The monoisotopic (exact) mass is 394 g/mol. The number of hydrogen-bond donors (Lipinski definition) is 1. The highest BCUT2D eigenvalue weighted by Gasteiger charge is 2.11. The third-order valence-corrected chi connectivity index (χ3v) is 6.09. The van der Waals surface area contributed by atoms with Crippen molar-refractivity contribution in [2.75, 3.05) is 5.75 Å². The summed E-state index contributed by atoms with van der Waals surface area (Å²) < 4.78 is 3.15. The molecule has 2 heterocycles. The van der Waals surface area contributed by atoms with Gasteiger partial charge in [-0.3, -0.25) is 9.36 Å². The normalized spacial score (nSPS) is 11.0. The van der Waals surface area contributed by atoms with Crippen molar-refractivity contribution in [3.8, 4) is 5.69 Å². The van der Waals surface area contributed by atoms with Crippen LogP contribution in [0.3, 0.4) is 0 Å². The lowest BCUT2D eigenvalue weighted by molar-refractivity contribution is -0.118. The van der Waals surface area contributed by atoms with E-state index in [0.29, 0.717) is 12.3 Å². The van der Waals surface area contributed by atoms with Gasteiger partial charge in [-0.15, -0.1) is 11.3 Å². The minimum Gasteiger partial charge on any atom is -0.349 e. The predicted octanol–water partition coefficient (Wildman–Crippen LogP) is 4.20. The van der Waals surface area contributed by atoms with Crippen LogP contribution in [-0.2, 0) is 11.3 Å². The number of hydrogen-bond acceptors (Lipinski definition) is 5. The quantitative estimate of drug-likeness (QED) is 0.498. The first kappa shape index (κ1) is 17.8. The lowest BCUT2D eigenvalue weighted by Gasteiger charge is -2.10. The molecule has 4 rings (SSSR count). The van der Waals surface area contributed by atoms with Crippen molar-refractivity contribution in [2.45, 2.75) is 18.6 Å². The van der Waals surface area contributed by atoms with Crippen LogP contribution in [0.2, 0.25) is 0 Å². The highest BCUT2D eigenvalue weighted by molar-refractivity contribution is 7.99. The number of aromatic nitrogens is 3.